The standard InChI is InChI=1S/C22H21N5OS2/c1-16-14-29-22(24-16)30-15-18-2-4-19(5-3-18)21(28)25-20-9-13-27(26-20)12-8-17-6-10-23-11-7-17/h2-7,9-11,13-14H,8,12,15H2,1H3,(H,25,26,28). The number of rotatable bonds is 8. The van der Waals surface area contributed by atoms with Gasteiger partial charge in [-0.25, -0.2) is 4.98 Å². The van der Waals surface area contributed by atoms with Gasteiger partial charge in [-0.3, -0.25) is 14.5 Å². The zero-order chi connectivity index (χ0) is 20.8. The van der Waals surface area contributed by atoms with Crippen LogP contribution in [0.2, 0.25) is 0 Å². The number of benzene rings is 1. The van der Waals surface area contributed by atoms with Crippen LogP contribution >= 0.6 is 23.1 Å². The van der Waals surface area contributed by atoms with E-state index in [1.807, 2.05) is 60.3 Å². The van der Waals surface area contributed by atoms with E-state index in [4.69, 9.17) is 0 Å². The first-order valence-corrected chi connectivity index (χ1v) is 11.4. The molecule has 0 aliphatic rings. The summed E-state index contributed by atoms with van der Waals surface area (Å²) in [5, 5.41) is 9.35. The van der Waals surface area contributed by atoms with Gasteiger partial charge in [0.25, 0.3) is 5.91 Å². The van der Waals surface area contributed by atoms with Gasteiger partial charge in [0, 0.05) is 53.6 Å². The molecule has 0 aliphatic carbocycles. The zero-order valence-corrected chi connectivity index (χ0v) is 18.1. The van der Waals surface area contributed by atoms with Crippen molar-refractivity contribution in [1.29, 1.82) is 0 Å². The molecule has 0 saturated heterocycles. The summed E-state index contributed by atoms with van der Waals surface area (Å²) in [5.74, 6) is 1.22. The highest BCUT2D eigenvalue weighted by Gasteiger charge is 2.09. The lowest BCUT2D eigenvalue weighted by molar-refractivity contribution is 0.102. The molecule has 8 heteroatoms. The first-order chi connectivity index (χ1) is 14.7. The van der Waals surface area contributed by atoms with Crippen molar-refractivity contribution >= 4 is 34.8 Å². The number of anilines is 1. The van der Waals surface area contributed by atoms with Gasteiger partial charge >= 0.3 is 0 Å². The molecule has 0 bridgehead atoms. The average molecular weight is 436 g/mol. The molecule has 30 heavy (non-hydrogen) atoms. The molecule has 4 aromatic rings. The minimum atomic E-state index is -0.163. The third kappa shape index (κ3) is 5.55. The second-order valence-electron chi connectivity index (χ2n) is 6.76. The van der Waals surface area contributed by atoms with Gasteiger partial charge in [-0.1, -0.05) is 23.9 Å². The molecule has 0 atom stereocenters. The third-order valence-corrected chi connectivity index (χ3v) is 6.65. The summed E-state index contributed by atoms with van der Waals surface area (Å²) in [4.78, 5) is 21.0. The first-order valence-electron chi connectivity index (χ1n) is 9.53. The van der Waals surface area contributed by atoms with Gasteiger partial charge < -0.3 is 5.32 Å². The van der Waals surface area contributed by atoms with Gasteiger partial charge in [0.1, 0.15) is 4.34 Å². The van der Waals surface area contributed by atoms with Crippen molar-refractivity contribution in [3.05, 3.63) is 88.8 Å². The molecule has 0 saturated carbocycles. The van der Waals surface area contributed by atoms with Crippen LogP contribution in [0, 0.1) is 6.92 Å². The summed E-state index contributed by atoms with van der Waals surface area (Å²) >= 11 is 3.37. The number of nitrogens with zero attached hydrogens (tertiary/aromatic N) is 4. The Labute approximate surface area is 183 Å². The zero-order valence-electron chi connectivity index (χ0n) is 16.5. The highest BCUT2D eigenvalue weighted by atomic mass is 32.2. The smallest absolute Gasteiger partial charge is 0.256 e. The number of carbonyl (C=O) groups is 1. The molecule has 1 amide bonds. The van der Waals surface area contributed by atoms with E-state index >= 15 is 0 Å². The Hall–Kier alpha value is -2.97. The summed E-state index contributed by atoms with van der Waals surface area (Å²) in [6.07, 6.45) is 6.30. The van der Waals surface area contributed by atoms with E-state index in [9.17, 15) is 4.79 Å². The van der Waals surface area contributed by atoms with E-state index in [0.29, 0.717) is 11.4 Å². The normalized spacial score (nSPS) is 10.8. The Morgan fingerprint density at radius 2 is 1.90 bits per heavy atom. The van der Waals surface area contributed by atoms with Crippen LogP contribution < -0.4 is 5.32 Å². The molecule has 4 rings (SSSR count). The van der Waals surface area contributed by atoms with E-state index < -0.39 is 0 Å². The van der Waals surface area contributed by atoms with Crippen molar-refractivity contribution < 1.29 is 4.79 Å². The average Bonchev–Trinajstić information content (AvgIpc) is 3.40. The number of carbonyl (C=O) groups excluding carboxylic acids is 1. The van der Waals surface area contributed by atoms with Gasteiger partial charge in [0.2, 0.25) is 0 Å². The van der Waals surface area contributed by atoms with Crippen molar-refractivity contribution in [1.82, 2.24) is 19.7 Å². The molecule has 0 aliphatic heterocycles. The Balaban J connectivity index is 1.28. The predicted octanol–water partition coefficient (Wildman–Crippen LogP) is 4.83. The Morgan fingerprint density at radius 1 is 1.10 bits per heavy atom. The van der Waals surface area contributed by atoms with Crippen LogP contribution in [0.3, 0.4) is 0 Å². The maximum absolute atomic E-state index is 12.5. The highest BCUT2D eigenvalue weighted by molar-refractivity contribution is 8.00. The van der Waals surface area contributed by atoms with Gasteiger partial charge in [-0.2, -0.15) is 5.10 Å². The van der Waals surface area contributed by atoms with Crippen molar-refractivity contribution in [3.63, 3.8) is 0 Å². The fourth-order valence-corrected chi connectivity index (χ4v) is 4.64. The van der Waals surface area contributed by atoms with Crippen LogP contribution in [0.15, 0.2) is 70.8 Å². The number of aryl methyl sites for hydroxylation is 3. The molecule has 0 unspecified atom stereocenters. The maximum Gasteiger partial charge on any atom is 0.256 e. The molecular formula is C22H21N5OS2. The number of aromatic nitrogens is 4. The van der Waals surface area contributed by atoms with Crippen LogP contribution in [-0.4, -0.2) is 25.7 Å². The summed E-state index contributed by atoms with van der Waals surface area (Å²) < 4.78 is 2.89. The second kappa shape index (κ2) is 9.69. The lowest BCUT2D eigenvalue weighted by atomic mass is 10.1. The Bertz CT molecular complexity index is 1110. The van der Waals surface area contributed by atoms with E-state index in [2.05, 4.69) is 25.8 Å². The van der Waals surface area contributed by atoms with Crippen molar-refractivity contribution in [2.45, 2.75) is 30.0 Å². The van der Waals surface area contributed by atoms with Crippen LogP contribution in [-0.2, 0) is 18.7 Å². The van der Waals surface area contributed by atoms with Crippen molar-refractivity contribution in [2.75, 3.05) is 5.32 Å². The van der Waals surface area contributed by atoms with Gasteiger partial charge in [-0.15, -0.1) is 11.3 Å². The molecule has 3 aromatic heterocycles. The monoisotopic (exact) mass is 435 g/mol. The quantitative estimate of drug-likeness (QED) is 0.401. The van der Waals surface area contributed by atoms with E-state index in [-0.39, 0.29) is 5.91 Å². The Morgan fingerprint density at radius 3 is 2.63 bits per heavy atom. The summed E-state index contributed by atoms with van der Waals surface area (Å²) in [7, 11) is 0. The second-order valence-corrected chi connectivity index (χ2v) is 8.84. The highest BCUT2D eigenvalue weighted by Crippen LogP contribution is 2.26. The molecular weight excluding hydrogens is 414 g/mol. The molecule has 152 valence electrons. The largest absolute Gasteiger partial charge is 0.305 e. The number of amides is 1. The van der Waals surface area contributed by atoms with Gasteiger partial charge in [0.05, 0.1) is 0 Å². The minimum Gasteiger partial charge on any atom is -0.305 e. The minimum absolute atomic E-state index is 0.163. The maximum atomic E-state index is 12.5. The van der Waals surface area contributed by atoms with Crippen LogP contribution in [0.25, 0.3) is 0 Å². The SMILES string of the molecule is Cc1csc(SCc2ccc(C(=O)Nc3ccn(CCc4ccncc4)n3)cc2)n1. The van der Waals surface area contributed by atoms with Crippen LogP contribution in [0.1, 0.15) is 27.2 Å². The fraction of sp³-hybridized carbons (Fsp3) is 0.182. The Kier molecular flexibility index (Phi) is 6.56. The molecule has 3 heterocycles. The molecule has 0 radical (unpaired) electrons. The molecule has 0 spiro atoms. The molecule has 0 fully saturated rings. The number of thiazole rings is 1. The number of thioether (sulfide) groups is 1. The van der Waals surface area contributed by atoms with E-state index in [1.165, 1.54) is 5.56 Å². The fourth-order valence-electron chi connectivity index (χ4n) is 2.83. The molecule has 1 aromatic carbocycles. The van der Waals surface area contributed by atoms with E-state index in [0.717, 1.165) is 34.3 Å². The summed E-state index contributed by atoms with van der Waals surface area (Å²) in [6.45, 7) is 2.74. The first kappa shape index (κ1) is 20.3. The lowest BCUT2D eigenvalue weighted by Gasteiger charge is -2.05. The van der Waals surface area contributed by atoms with Crippen molar-refractivity contribution in [2.24, 2.45) is 0 Å². The number of pyridine rings is 1. The third-order valence-electron chi connectivity index (χ3n) is 4.44. The predicted molar refractivity (Wildman–Crippen MR) is 121 cm³/mol. The molecule has 6 nitrogen and oxygen atoms in total. The summed E-state index contributed by atoms with van der Waals surface area (Å²) in [6, 6.07) is 13.5. The van der Waals surface area contributed by atoms with Gasteiger partial charge in [-0.05, 0) is 48.7 Å². The lowest BCUT2D eigenvalue weighted by Crippen LogP contribution is -2.13. The van der Waals surface area contributed by atoms with Crippen LogP contribution in [0.4, 0.5) is 5.82 Å². The van der Waals surface area contributed by atoms with Crippen molar-refractivity contribution in [3.8, 4) is 0 Å². The molecule has 1 N–H and O–H groups in total. The number of hydrogen-bond acceptors (Lipinski definition) is 6. The van der Waals surface area contributed by atoms with E-state index in [1.54, 1.807) is 35.5 Å². The number of nitrogens with one attached hydrogen (secondary N) is 1. The van der Waals surface area contributed by atoms with Crippen LogP contribution in [0.5, 0.6) is 0 Å². The summed E-state index contributed by atoms with van der Waals surface area (Å²) in [5.41, 5.74) is 4.02. The van der Waals surface area contributed by atoms with Gasteiger partial charge in [0.15, 0.2) is 5.82 Å². The number of hydrogen-bond donors (Lipinski definition) is 1. The topological polar surface area (TPSA) is 72.7 Å².